The monoisotopic (exact) mass is 536 g/mol. The van der Waals surface area contributed by atoms with Crippen LogP contribution < -0.4 is 10.1 Å². The van der Waals surface area contributed by atoms with E-state index in [1.54, 1.807) is 41.9 Å². The van der Waals surface area contributed by atoms with Crippen LogP contribution in [0.3, 0.4) is 0 Å². The maximum absolute atomic E-state index is 14.0. The number of anilines is 1. The first-order valence-corrected chi connectivity index (χ1v) is 12.0. The minimum Gasteiger partial charge on any atom is -0.496 e. The Morgan fingerprint density at radius 2 is 1.87 bits per heavy atom. The number of alkyl halides is 2. The fourth-order valence-electron chi connectivity index (χ4n) is 4.30. The first-order chi connectivity index (χ1) is 18.3. The zero-order valence-corrected chi connectivity index (χ0v) is 21.5. The smallest absolute Gasteiger partial charge is 0.280 e. The summed E-state index contributed by atoms with van der Waals surface area (Å²) in [4.78, 5) is 17.9. The molecule has 8 nitrogen and oxygen atoms in total. The van der Waals surface area contributed by atoms with Crippen LogP contribution in [0.4, 0.5) is 14.5 Å². The predicted octanol–water partition coefficient (Wildman–Crippen LogP) is 6.11. The highest BCUT2D eigenvalue weighted by Gasteiger charge is 2.24. The Balaban J connectivity index is 1.53. The lowest BCUT2D eigenvalue weighted by Gasteiger charge is -2.11. The van der Waals surface area contributed by atoms with E-state index in [-0.39, 0.29) is 16.9 Å². The number of benzene rings is 2. The van der Waals surface area contributed by atoms with Crippen LogP contribution in [0.25, 0.3) is 16.9 Å². The molecule has 0 radical (unpaired) electrons. The Hall–Kier alpha value is -4.31. The second kappa shape index (κ2) is 10.2. The first-order valence-electron chi connectivity index (χ1n) is 11.7. The number of ether oxygens (including phenoxy) is 1. The summed E-state index contributed by atoms with van der Waals surface area (Å²) < 4.78 is 36.1. The standard InChI is InChI=1S/C27H23ClF2N6O2/c1-15-24(16(2)35(34-15)14-17-8-4-6-10-20(17)28)33-27(37)19-13-31-36-22(25(29)30)12-21(32-26(19)36)18-9-5-7-11-23(18)38-3/h4-13,25H,14H2,1-3H3,(H,33,37). The van der Waals surface area contributed by atoms with E-state index in [0.29, 0.717) is 40.0 Å². The van der Waals surface area contributed by atoms with Crippen molar-refractivity contribution >= 4 is 28.8 Å². The quantitative estimate of drug-likeness (QED) is 0.271. The molecule has 38 heavy (non-hydrogen) atoms. The van der Waals surface area contributed by atoms with Crippen LogP contribution in [-0.2, 0) is 6.54 Å². The van der Waals surface area contributed by atoms with Crippen LogP contribution >= 0.6 is 11.6 Å². The summed E-state index contributed by atoms with van der Waals surface area (Å²) in [5.74, 6) is -0.0827. The molecule has 0 bridgehead atoms. The van der Waals surface area contributed by atoms with Crippen molar-refractivity contribution in [3.8, 4) is 17.0 Å². The van der Waals surface area contributed by atoms with Crippen LogP contribution in [-0.4, -0.2) is 37.4 Å². The van der Waals surface area contributed by atoms with Crippen molar-refractivity contribution in [2.45, 2.75) is 26.8 Å². The third kappa shape index (κ3) is 4.58. The average Bonchev–Trinajstić information content (AvgIpc) is 3.45. The topological polar surface area (TPSA) is 86.3 Å². The molecule has 5 rings (SSSR count). The number of para-hydroxylation sites is 1. The molecule has 194 valence electrons. The number of carbonyl (C=O) groups is 1. The van der Waals surface area contributed by atoms with E-state index < -0.39 is 18.0 Å². The highest BCUT2D eigenvalue weighted by Crippen LogP contribution is 2.32. The van der Waals surface area contributed by atoms with Gasteiger partial charge in [0.2, 0.25) is 0 Å². The van der Waals surface area contributed by atoms with Gasteiger partial charge in [0, 0.05) is 10.6 Å². The van der Waals surface area contributed by atoms with Gasteiger partial charge in [-0.3, -0.25) is 9.48 Å². The normalized spacial score (nSPS) is 11.3. The van der Waals surface area contributed by atoms with Crippen molar-refractivity contribution in [3.05, 3.63) is 94.0 Å². The number of nitrogens with one attached hydrogen (secondary N) is 1. The number of nitrogens with zero attached hydrogens (tertiary/aromatic N) is 5. The molecule has 1 N–H and O–H groups in total. The molecule has 0 aliphatic carbocycles. The van der Waals surface area contributed by atoms with Gasteiger partial charge >= 0.3 is 0 Å². The van der Waals surface area contributed by atoms with E-state index in [9.17, 15) is 13.6 Å². The van der Waals surface area contributed by atoms with Gasteiger partial charge in [-0.15, -0.1) is 0 Å². The second-order valence-corrected chi connectivity index (χ2v) is 9.02. The number of aromatic nitrogens is 5. The summed E-state index contributed by atoms with van der Waals surface area (Å²) in [6.45, 7) is 4.02. The first kappa shape index (κ1) is 25.3. The molecule has 0 saturated heterocycles. The molecular formula is C27H23ClF2N6O2. The van der Waals surface area contributed by atoms with E-state index in [2.05, 4.69) is 20.5 Å². The summed E-state index contributed by atoms with van der Waals surface area (Å²) in [5.41, 5.74) is 3.10. The lowest BCUT2D eigenvalue weighted by molar-refractivity contribution is 0.102. The lowest BCUT2D eigenvalue weighted by atomic mass is 10.1. The number of hydrogen-bond acceptors (Lipinski definition) is 5. The van der Waals surface area contributed by atoms with E-state index in [1.165, 1.54) is 19.4 Å². The number of fused-ring (bicyclic) bond motifs is 1. The van der Waals surface area contributed by atoms with E-state index in [4.69, 9.17) is 16.3 Å². The Morgan fingerprint density at radius 1 is 1.13 bits per heavy atom. The molecule has 0 spiro atoms. The van der Waals surface area contributed by atoms with Crippen molar-refractivity contribution < 1.29 is 18.3 Å². The van der Waals surface area contributed by atoms with Crippen molar-refractivity contribution in [2.24, 2.45) is 0 Å². The van der Waals surface area contributed by atoms with Gasteiger partial charge in [-0.05, 0) is 43.7 Å². The number of amides is 1. The minimum absolute atomic E-state index is 0.0000264. The molecule has 0 fully saturated rings. The fourth-order valence-corrected chi connectivity index (χ4v) is 4.49. The summed E-state index contributed by atoms with van der Waals surface area (Å²) >= 11 is 6.30. The van der Waals surface area contributed by atoms with Crippen molar-refractivity contribution in [3.63, 3.8) is 0 Å². The van der Waals surface area contributed by atoms with Gasteiger partial charge in [-0.2, -0.15) is 10.2 Å². The summed E-state index contributed by atoms with van der Waals surface area (Å²) in [6.07, 6.45) is -1.62. The van der Waals surface area contributed by atoms with Gasteiger partial charge in [0.25, 0.3) is 12.3 Å². The average molecular weight is 537 g/mol. The van der Waals surface area contributed by atoms with Gasteiger partial charge in [-0.25, -0.2) is 18.3 Å². The van der Waals surface area contributed by atoms with Crippen LogP contribution in [0.2, 0.25) is 5.02 Å². The Morgan fingerprint density at radius 3 is 2.61 bits per heavy atom. The third-order valence-electron chi connectivity index (χ3n) is 6.25. The number of methoxy groups -OCH3 is 1. The molecule has 0 atom stereocenters. The summed E-state index contributed by atoms with van der Waals surface area (Å²) in [6, 6.07) is 15.6. The number of aryl methyl sites for hydroxylation is 1. The lowest BCUT2D eigenvalue weighted by Crippen LogP contribution is -2.14. The number of carbonyl (C=O) groups excluding carboxylic acids is 1. The van der Waals surface area contributed by atoms with E-state index in [1.807, 2.05) is 25.1 Å². The Kier molecular flexibility index (Phi) is 6.81. The molecule has 3 aromatic heterocycles. The Bertz CT molecular complexity index is 1660. The maximum atomic E-state index is 14.0. The number of hydrogen-bond donors (Lipinski definition) is 1. The van der Waals surface area contributed by atoms with Crippen molar-refractivity contribution in [2.75, 3.05) is 12.4 Å². The summed E-state index contributed by atoms with van der Waals surface area (Å²) in [5, 5.41) is 12.1. The van der Waals surface area contributed by atoms with Gasteiger partial charge < -0.3 is 10.1 Å². The molecular weight excluding hydrogens is 514 g/mol. The Labute approximate surface area is 221 Å². The van der Waals surface area contributed by atoms with Gasteiger partial charge in [-0.1, -0.05) is 41.9 Å². The molecule has 2 aromatic carbocycles. The minimum atomic E-state index is -2.85. The van der Waals surface area contributed by atoms with Gasteiger partial charge in [0.1, 0.15) is 17.0 Å². The number of halogens is 3. The zero-order chi connectivity index (χ0) is 27.0. The molecule has 0 saturated carbocycles. The molecule has 1 amide bonds. The predicted molar refractivity (Wildman–Crippen MR) is 140 cm³/mol. The van der Waals surface area contributed by atoms with E-state index in [0.717, 1.165) is 10.1 Å². The molecule has 3 heterocycles. The fraction of sp³-hybridized carbons (Fsp3) is 0.185. The van der Waals surface area contributed by atoms with Gasteiger partial charge in [0.05, 0.1) is 42.6 Å². The van der Waals surface area contributed by atoms with Crippen LogP contribution in [0.15, 0.2) is 60.8 Å². The van der Waals surface area contributed by atoms with Crippen LogP contribution in [0, 0.1) is 13.8 Å². The van der Waals surface area contributed by atoms with E-state index >= 15 is 0 Å². The highest BCUT2D eigenvalue weighted by atomic mass is 35.5. The highest BCUT2D eigenvalue weighted by molar-refractivity contribution is 6.31. The van der Waals surface area contributed by atoms with Crippen molar-refractivity contribution in [1.82, 2.24) is 24.4 Å². The second-order valence-electron chi connectivity index (χ2n) is 8.61. The molecule has 5 aromatic rings. The van der Waals surface area contributed by atoms with Crippen molar-refractivity contribution in [1.29, 1.82) is 0 Å². The number of rotatable bonds is 7. The van der Waals surface area contributed by atoms with Crippen LogP contribution in [0.5, 0.6) is 5.75 Å². The molecule has 0 unspecified atom stereocenters. The van der Waals surface area contributed by atoms with Gasteiger partial charge in [0.15, 0.2) is 5.65 Å². The third-order valence-corrected chi connectivity index (χ3v) is 6.62. The SMILES string of the molecule is COc1ccccc1-c1cc(C(F)F)n2ncc(C(=O)Nc3c(C)nn(Cc4ccccc4Cl)c3C)c2n1. The largest absolute Gasteiger partial charge is 0.496 e. The maximum Gasteiger partial charge on any atom is 0.280 e. The summed E-state index contributed by atoms with van der Waals surface area (Å²) in [7, 11) is 1.49. The van der Waals surface area contributed by atoms with Crippen LogP contribution in [0.1, 0.15) is 39.4 Å². The molecule has 0 aliphatic rings. The zero-order valence-electron chi connectivity index (χ0n) is 20.7. The molecule has 0 aliphatic heterocycles. The molecule has 11 heteroatoms.